The number of nitrogens with zero attached hydrogens (tertiary/aromatic N) is 1. The molecule has 30 heavy (non-hydrogen) atoms. The lowest BCUT2D eigenvalue weighted by Gasteiger charge is -2.11. The molecule has 0 radical (unpaired) electrons. The monoisotopic (exact) mass is 420 g/mol. The Balaban J connectivity index is 1.50. The van der Waals surface area contributed by atoms with Gasteiger partial charge in [0.2, 0.25) is 5.89 Å². The Morgan fingerprint density at radius 2 is 1.80 bits per heavy atom. The molecule has 3 aromatic carbocycles. The van der Waals surface area contributed by atoms with Crippen LogP contribution in [0.1, 0.15) is 16.7 Å². The minimum absolute atomic E-state index is 0.0932. The van der Waals surface area contributed by atoms with Crippen LogP contribution in [0.15, 0.2) is 59.0 Å². The number of fused-ring (bicyclic) bond motifs is 1. The van der Waals surface area contributed by atoms with Gasteiger partial charge in [-0.1, -0.05) is 35.4 Å². The van der Waals surface area contributed by atoms with E-state index in [0.29, 0.717) is 33.5 Å². The number of hydrogen-bond donors (Lipinski definition) is 1. The summed E-state index contributed by atoms with van der Waals surface area (Å²) in [5, 5.41) is 3.32. The van der Waals surface area contributed by atoms with E-state index in [4.69, 9.17) is 20.8 Å². The highest BCUT2D eigenvalue weighted by molar-refractivity contribution is 6.33. The summed E-state index contributed by atoms with van der Waals surface area (Å²) in [6.07, 6.45) is 0. The van der Waals surface area contributed by atoms with Gasteiger partial charge in [-0.2, -0.15) is 0 Å². The van der Waals surface area contributed by atoms with E-state index >= 15 is 0 Å². The van der Waals surface area contributed by atoms with Crippen LogP contribution < -0.4 is 10.1 Å². The predicted molar refractivity (Wildman–Crippen MR) is 119 cm³/mol. The first-order valence-corrected chi connectivity index (χ1v) is 9.94. The second-order valence-electron chi connectivity index (χ2n) is 7.29. The number of ether oxygens (including phenoxy) is 1. The zero-order valence-electron chi connectivity index (χ0n) is 17.0. The van der Waals surface area contributed by atoms with E-state index < -0.39 is 0 Å². The second-order valence-corrected chi connectivity index (χ2v) is 7.70. The van der Waals surface area contributed by atoms with Gasteiger partial charge in [-0.05, 0) is 68.3 Å². The minimum Gasteiger partial charge on any atom is -0.483 e. The minimum atomic E-state index is -0.267. The molecule has 4 aromatic rings. The van der Waals surface area contributed by atoms with Crippen molar-refractivity contribution in [2.75, 3.05) is 11.9 Å². The summed E-state index contributed by atoms with van der Waals surface area (Å²) < 4.78 is 11.5. The van der Waals surface area contributed by atoms with Crippen LogP contribution >= 0.6 is 11.6 Å². The summed E-state index contributed by atoms with van der Waals surface area (Å²) in [7, 11) is 0. The van der Waals surface area contributed by atoms with E-state index in [-0.39, 0.29) is 12.5 Å². The number of aryl methyl sites for hydroxylation is 3. The second kappa shape index (κ2) is 8.20. The standard InChI is InChI=1S/C24H21ClN2O3/c1-14-5-9-21(16(3)10-14)29-13-23(28)26-17-6-7-19(25)18(12-17)24-27-20-8-4-15(2)11-22(20)30-24/h4-12H,13H2,1-3H3,(H,26,28). The fourth-order valence-corrected chi connectivity index (χ4v) is 3.41. The van der Waals surface area contributed by atoms with E-state index in [1.54, 1.807) is 18.2 Å². The first-order valence-electron chi connectivity index (χ1n) is 9.56. The number of amides is 1. The maximum atomic E-state index is 12.4. The molecule has 0 aliphatic carbocycles. The van der Waals surface area contributed by atoms with E-state index in [1.807, 2.05) is 57.2 Å². The van der Waals surface area contributed by atoms with Crippen LogP contribution in [0.3, 0.4) is 0 Å². The molecular weight excluding hydrogens is 400 g/mol. The van der Waals surface area contributed by atoms with Crippen molar-refractivity contribution in [3.63, 3.8) is 0 Å². The molecule has 0 aliphatic rings. The number of rotatable bonds is 5. The molecule has 4 rings (SSSR count). The zero-order valence-corrected chi connectivity index (χ0v) is 17.7. The topological polar surface area (TPSA) is 64.4 Å². The van der Waals surface area contributed by atoms with Gasteiger partial charge in [0.05, 0.1) is 10.6 Å². The molecule has 0 saturated carbocycles. The highest BCUT2D eigenvalue weighted by atomic mass is 35.5. The first kappa shape index (κ1) is 20.0. The average Bonchev–Trinajstić information content (AvgIpc) is 3.11. The Hall–Kier alpha value is -3.31. The molecule has 1 N–H and O–H groups in total. The normalized spacial score (nSPS) is 10.9. The highest BCUT2D eigenvalue weighted by Crippen LogP contribution is 2.32. The van der Waals surface area contributed by atoms with E-state index in [9.17, 15) is 4.79 Å². The Morgan fingerprint density at radius 1 is 1.03 bits per heavy atom. The molecule has 152 valence electrons. The van der Waals surface area contributed by atoms with Crippen LogP contribution in [0, 0.1) is 20.8 Å². The number of carbonyl (C=O) groups is 1. The van der Waals surface area contributed by atoms with Gasteiger partial charge in [0.15, 0.2) is 12.2 Å². The van der Waals surface area contributed by atoms with Crippen molar-refractivity contribution >= 4 is 34.3 Å². The van der Waals surface area contributed by atoms with E-state index in [0.717, 1.165) is 22.2 Å². The third-order valence-corrected chi connectivity index (χ3v) is 5.04. The van der Waals surface area contributed by atoms with Gasteiger partial charge in [-0.25, -0.2) is 4.98 Å². The third kappa shape index (κ3) is 4.31. The fraction of sp³-hybridized carbons (Fsp3) is 0.167. The van der Waals surface area contributed by atoms with Crippen molar-refractivity contribution in [2.24, 2.45) is 0 Å². The van der Waals surface area contributed by atoms with Crippen molar-refractivity contribution in [2.45, 2.75) is 20.8 Å². The molecule has 1 amide bonds. The molecule has 0 aliphatic heterocycles. The molecule has 0 bridgehead atoms. The van der Waals surface area contributed by atoms with E-state index in [1.165, 1.54) is 0 Å². The van der Waals surface area contributed by atoms with Crippen LogP contribution in [-0.4, -0.2) is 17.5 Å². The Morgan fingerprint density at radius 3 is 2.60 bits per heavy atom. The van der Waals surface area contributed by atoms with Gasteiger partial charge in [0, 0.05) is 5.69 Å². The number of oxazole rings is 1. The predicted octanol–water partition coefficient (Wildman–Crippen LogP) is 6.09. The molecule has 1 heterocycles. The molecule has 0 atom stereocenters. The first-order chi connectivity index (χ1) is 14.4. The van der Waals surface area contributed by atoms with Crippen molar-refractivity contribution < 1.29 is 13.9 Å². The number of carbonyl (C=O) groups excluding carboxylic acids is 1. The third-order valence-electron chi connectivity index (χ3n) is 4.71. The largest absolute Gasteiger partial charge is 0.483 e. The Kier molecular flexibility index (Phi) is 5.46. The molecule has 0 saturated heterocycles. The quantitative estimate of drug-likeness (QED) is 0.424. The van der Waals surface area contributed by atoms with Crippen LogP contribution in [-0.2, 0) is 4.79 Å². The molecule has 5 nitrogen and oxygen atoms in total. The average molecular weight is 421 g/mol. The Bertz CT molecular complexity index is 1250. The summed E-state index contributed by atoms with van der Waals surface area (Å²) in [4.78, 5) is 16.9. The Labute approximate surface area is 179 Å². The lowest BCUT2D eigenvalue weighted by atomic mass is 10.1. The molecule has 0 unspecified atom stereocenters. The lowest BCUT2D eigenvalue weighted by molar-refractivity contribution is -0.118. The zero-order chi connectivity index (χ0) is 21.3. The summed E-state index contributed by atoms with van der Waals surface area (Å²) in [5.74, 6) is 0.828. The van der Waals surface area contributed by atoms with Crippen LogP contribution in [0.2, 0.25) is 5.02 Å². The number of anilines is 1. The van der Waals surface area contributed by atoms with Gasteiger partial charge in [-0.3, -0.25) is 4.79 Å². The molecular formula is C24H21ClN2O3. The number of nitrogens with one attached hydrogen (secondary N) is 1. The van der Waals surface area contributed by atoms with Crippen molar-refractivity contribution in [3.8, 4) is 17.2 Å². The van der Waals surface area contributed by atoms with Gasteiger partial charge in [0.1, 0.15) is 11.3 Å². The van der Waals surface area contributed by atoms with Crippen LogP contribution in [0.25, 0.3) is 22.6 Å². The maximum absolute atomic E-state index is 12.4. The highest BCUT2D eigenvalue weighted by Gasteiger charge is 2.14. The summed E-state index contributed by atoms with van der Waals surface area (Å²) >= 11 is 6.36. The van der Waals surface area contributed by atoms with Crippen LogP contribution in [0.5, 0.6) is 5.75 Å². The SMILES string of the molecule is Cc1ccc(OCC(=O)Nc2ccc(Cl)c(-c3nc4ccc(C)cc4o3)c2)c(C)c1. The number of hydrogen-bond acceptors (Lipinski definition) is 4. The van der Waals surface area contributed by atoms with Gasteiger partial charge in [0.25, 0.3) is 5.91 Å². The van der Waals surface area contributed by atoms with Gasteiger partial charge in [-0.15, -0.1) is 0 Å². The van der Waals surface area contributed by atoms with Gasteiger partial charge < -0.3 is 14.5 Å². The van der Waals surface area contributed by atoms with Gasteiger partial charge >= 0.3 is 0 Å². The van der Waals surface area contributed by atoms with Crippen LogP contribution in [0.4, 0.5) is 5.69 Å². The van der Waals surface area contributed by atoms with Crippen molar-refractivity contribution in [1.29, 1.82) is 0 Å². The van der Waals surface area contributed by atoms with E-state index in [2.05, 4.69) is 10.3 Å². The summed E-state index contributed by atoms with van der Waals surface area (Å²) in [6.45, 7) is 5.86. The fourth-order valence-electron chi connectivity index (χ4n) is 3.22. The number of benzene rings is 3. The molecule has 6 heteroatoms. The lowest BCUT2D eigenvalue weighted by Crippen LogP contribution is -2.20. The summed E-state index contributed by atoms with van der Waals surface area (Å²) in [6, 6.07) is 16.8. The molecule has 0 fully saturated rings. The summed E-state index contributed by atoms with van der Waals surface area (Å²) in [5.41, 5.74) is 5.86. The maximum Gasteiger partial charge on any atom is 0.262 e. The number of aromatic nitrogens is 1. The molecule has 0 spiro atoms. The number of halogens is 1. The van der Waals surface area contributed by atoms with Crippen molar-refractivity contribution in [1.82, 2.24) is 4.98 Å². The molecule has 1 aromatic heterocycles. The smallest absolute Gasteiger partial charge is 0.262 e. The van der Waals surface area contributed by atoms with Crippen molar-refractivity contribution in [3.05, 3.63) is 76.3 Å².